The van der Waals surface area contributed by atoms with Gasteiger partial charge in [0, 0.05) is 14.0 Å². The number of rotatable bonds is 4. The van der Waals surface area contributed by atoms with Crippen molar-refractivity contribution in [1.29, 1.82) is 0 Å². The van der Waals surface area contributed by atoms with Crippen LogP contribution >= 0.6 is 0 Å². The molecular weight excluding hydrogens is 412 g/mol. The number of carbonyl (C=O) groups excluding carboxylic acids is 3. The Morgan fingerprint density at radius 3 is 2.55 bits per heavy atom. The summed E-state index contributed by atoms with van der Waals surface area (Å²) in [6.07, 6.45) is -2.29. The van der Waals surface area contributed by atoms with Crippen LogP contribution in [-0.2, 0) is 47.5 Å². The minimum atomic E-state index is -1.71. The van der Waals surface area contributed by atoms with E-state index in [1.54, 1.807) is 0 Å². The predicted molar refractivity (Wildman–Crippen MR) is 96.7 cm³/mol. The Kier molecular flexibility index (Phi) is 3.47. The summed E-state index contributed by atoms with van der Waals surface area (Å²) in [5.41, 5.74) is -4.03. The van der Waals surface area contributed by atoms with Crippen molar-refractivity contribution in [2.24, 2.45) is 22.2 Å². The molecule has 0 N–H and O–H groups in total. The zero-order valence-corrected chi connectivity index (χ0v) is 18.1. The van der Waals surface area contributed by atoms with Crippen LogP contribution in [0.3, 0.4) is 0 Å². The first kappa shape index (κ1) is 19.9. The average Bonchev–Trinajstić information content (AvgIpc) is 2.88. The van der Waals surface area contributed by atoms with Gasteiger partial charge in [0.15, 0.2) is 6.10 Å². The second-order valence-corrected chi connectivity index (χ2v) is 10.5. The van der Waals surface area contributed by atoms with E-state index < -0.39 is 64.7 Å². The molecule has 0 aromatic rings. The van der Waals surface area contributed by atoms with Crippen LogP contribution in [0.5, 0.6) is 0 Å². The van der Waals surface area contributed by atoms with Gasteiger partial charge in [0.2, 0.25) is 11.9 Å². The normalized spacial score (nSPS) is 52.9. The largest absolute Gasteiger partial charge is 0.459 e. The van der Waals surface area contributed by atoms with Crippen LogP contribution in [0.25, 0.3) is 0 Å². The van der Waals surface area contributed by atoms with E-state index in [-0.39, 0.29) is 18.1 Å². The first-order chi connectivity index (χ1) is 14.5. The van der Waals surface area contributed by atoms with Crippen molar-refractivity contribution >= 4 is 17.9 Å². The zero-order chi connectivity index (χ0) is 22.2. The second-order valence-electron chi connectivity index (χ2n) is 10.5. The SMILES string of the molecule is COCO[C@H]1C(=O)O[C@H]2O[C@]34C(=O)O[C@@H]5C[C@@H](C(C)(C)C)C21C53C[C@H]1O[C@]14OC(C)=O. The van der Waals surface area contributed by atoms with E-state index in [0.29, 0.717) is 12.8 Å². The maximum absolute atomic E-state index is 13.4. The fourth-order valence-electron chi connectivity index (χ4n) is 7.81. The van der Waals surface area contributed by atoms with Crippen LogP contribution < -0.4 is 0 Å². The second kappa shape index (κ2) is 5.41. The van der Waals surface area contributed by atoms with E-state index in [1.807, 2.05) is 0 Å². The van der Waals surface area contributed by atoms with Crippen LogP contribution in [0.2, 0.25) is 0 Å². The van der Waals surface area contributed by atoms with E-state index in [0.717, 1.165) is 0 Å². The molecule has 0 aromatic carbocycles. The molecule has 4 aliphatic heterocycles. The molecule has 4 saturated heterocycles. The Labute approximate surface area is 178 Å². The minimum Gasteiger partial charge on any atom is -0.459 e. The molecule has 9 atom stereocenters. The van der Waals surface area contributed by atoms with Crippen LogP contribution in [0.15, 0.2) is 0 Å². The molecule has 0 amide bonds. The van der Waals surface area contributed by atoms with E-state index in [4.69, 9.17) is 33.2 Å². The maximum atomic E-state index is 13.4. The molecule has 6 fully saturated rings. The summed E-state index contributed by atoms with van der Waals surface area (Å²) >= 11 is 0. The summed E-state index contributed by atoms with van der Waals surface area (Å²) < 4.78 is 40.5. The van der Waals surface area contributed by atoms with E-state index in [1.165, 1.54) is 14.0 Å². The van der Waals surface area contributed by atoms with Crippen molar-refractivity contribution in [3.05, 3.63) is 0 Å². The van der Waals surface area contributed by atoms with E-state index in [9.17, 15) is 14.4 Å². The van der Waals surface area contributed by atoms with E-state index in [2.05, 4.69) is 20.8 Å². The number of methoxy groups -OCH3 is 1. The summed E-state index contributed by atoms with van der Waals surface area (Å²) in [6.45, 7) is 7.37. The van der Waals surface area contributed by atoms with Crippen LogP contribution in [-0.4, -0.2) is 67.8 Å². The molecule has 6 aliphatic rings. The van der Waals surface area contributed by atoms with Gasteiger partial charge in [-0.2, -0.15) is 0 Å². The molecule has 2 spiro atoms. The van der Waals surface area contributed by atoms with Gasteiger partial charge in [0.1, 0.15) is 19.0 Å². The molecule has 2 saturated carbocycles. The highest BCUT2D eigenvalue weighted by Gasteiger charge is 3.05. The minimum absolute atomic E-state index is 0.122. The lowest BCUT2D eigenvalue weighted by Crippen LogP contribution is -2.63. The summed E-state index contributed by atoms with van der Waals surface area (Å²) in [5, 5.41) is 0. The lowest BCUT2D eigenvalue weighted by molar-refractivity contribution is -0.238. The number of ether oxygens (including phenoxy) is 7. The van der Waals surface area contributed by atoms with Crippen molar-refractivity contribution in [1.82, 2.24) is 0 Å². The Morgan fingerprint density at radius 1 is 1.16 bits per heavy atom. The van der Waals surface area contributed by atoms with Crippen molar-refractivity contribution in [3.8, 4) is 0 Å². The third-order valence-electron chi connectivity index (χ3n) is 8.43. The van der Waals surface area contributed by atoms with Crippen molar-refractivity contribution in [2.75, 3.05) is 13.9 Å². The molecule has 2 aliphatic carbocycles. The zero-order valence-electron chi connectivity index (χ0n) is 18.1. The summed E-state index contributed by atoms with van der Waals surface area (Å²) in [7, 11) is 1.47. The lowest BCUT2D eigenvalue weighted by atomic mass is 9.52. The van der Waals surface area contributed by atoms with Crippen molar-refractivity contribution < 1.29 is 47.5 Å². The van der Waals surface area contributed by atoms with Gasteiger partial charge >= 0.3 is 17.9 Å². The van der Waals surface area contributed by atoms with Gasteiger partial charge in [-0.3, -0.25) is 4.79 Å². The van der Waals surface area contributed by atoms with Gasteiger partial charge in [0.05, 0.1) is 10.8 Å². The topological polar surface area (TPSA) is 119 Å². The number of fused-ring (bicyclic) bond motifs is 1. The fraction of sp³-hybridized carbons (Fsp3) is 0.857. The lowest BCUT2D eigenvalue weighted by Gasteiger charge is -2.47. The average molecular weight is 438 g/mol. The van der Waals surface area contributed by atoms with E-state index >= 15 is 0 Å². The van der Waals surface area contributed by atoms with Crippen LogP contribution in [0.4, 0.5) is 0 Å². The monoisotopic (exact) mass is 438 g/mol. The van der Waals surface area contributed by atoms with Crippen LogP contribution in [0.1, 0.15) is 40.5 Å². The van der Waals surface area contributed by atoms with Gasteiger partial charge in [-0.05, 0) is 24.2 Å². The van der Waals surface area contributed by atoms with Gasteiger partial charge in [-0.25, -0.2) is 9.59 Å². The standard InChI is InChI=1S/C21H26O10/c1-9(22)29-21-12(30-21)7-18-11-6-10(17(2,3)4)19(18)13(26-8-25-5)14(23)28-16(19)31-20(18,21)15(24)27-11/h10-13,16H,6-8H2,1-5H3/t10-,11+,12+,13-,16-,18?,19?,20+,21+/m0/s1. The first-order valence-corrected chi connectivity index (χ1v) is 10.6. The summed E-state index contributed by atoms with van der Waals surface area (Å²) in [5.74, 6) is -3.50. The van der Waals surface area contributed by atoms with Gasteiger partial charge in [0.25, 0.3) is 5.79 Å². The van der Waals surface area contributed by atoms with Gasteiger partial charge in [-0.1, -0.05) is 20.8 Å². The fourth-order valence-corrected chi connectivity index (χ4v) is 7.81. The molecule has 0 bridgehead atoms. The summed E-state index contributed by atoms with van der Waals surface area (Å²) in [4.78, 5) is 38.4. The maximum Gasteiger partial charge on any atom is 0.346 e. The molecule has 10 heteroatoms. The number of hydrogen-bond donors (Lipinski definition) is 0. The van der Waals surface area contributed by atoms with Gasteiger partial charge < -0.3 is 33.2 Å². The molecule has 0 aromatic heterocycles. The Hall–Kier alpha value is -1.75. The highest BCUT2D eigenvalue weighted by molar-refractivity contribution is 5.91. The Morgan fingerprint density at radius 2 is 1.90 bits per heavy atom. The third kappa shape index (κ3) is 1.76. The number of epoxide rings is 1. The molecule has 10 nitrogen and oxygen atoms in total. The quantitative estimate of drug-likeness (QED) is 0.268. The first-order valence-electron chi connectivity index (χ1n) is 10.6. The van der Waals surface area contributed by atoms with Crippen LogP contribution in [0, 0.1) is 22.2 Å². The smallest absolute Gasteiger partial charge is 0.346 e. The van der Waals surface area contributed by atoms with Crippen molar-refractivity contribution in [3.63, 3.8) is 0 Å². The molecule has 31 heavy (non-hydrogen) atoms. The predicted octanol–water partition coefficient (Wildman–Crippen LogP) is 0.653. The molecule has 4 heterocycles. The molecule has 170 valence electrons. The summed E-state index contributed by atoms with van der Waals surface area (Å²) in [6, 6.07) is 0. The highest BCUT2D eigenvalue weighted by Crippen LogP contribution is 2.87. The Balaban J connectivity index is 1.60. The molecular formula is C21H26O10. The van der Waals surface area contributed by atoms with Crippen molar-refractivity contribution in [2.45, 2.75) is 76.5 Å². The van der Waals surface area contributed by atoms with Gasteiger partial charge in [-0.15, -0.1) is 0 Å². The third-order valence-corrected chi connectivity index (χ3v) is 8.43. The number of carbonyl (C=O) groups is 3. The molecule has 0 radical (unpaired) electrons. The molecule has 6 rings (SSSR count). The number of hydrogen-bond acceptors (Lipinski definition) is 10. The Bertz CT molecular complexity index is 910. The molecule has 2 unspecified atom stereocenters. The number of esters is 3. The highest BCUT2D eigenvalue weighted by atomic mass is 16.9.